The number of H-pyrrole nitrogens is 1. The van der Waals surface area contributed by atoms with Gasteiger partial charge in [0.05, 0.1) is 11.9 Å². The Balaban J connectivity index is 2.41. The SMILES string of the molecule is CS(=O)(=O)c1c(NCc2cn[nH]c2)sc(C(N)=O)c1N. The number of hydrogen-bond donors (Lipinski definition) is 4. The third kappa shape index (κ3) is 2.75. The van der Waals surface area contributed by atoms with Crippen LogP contribution in [0.15, 0.2) is 17.3 Å². The quantitative estimate of drug-likeness (QED) is 0.619. The van der Waals surface area contributed by atoms with Crippen molar-refractivity contribution in [1.29, 1.82) is 0 Å². The molecule has 1 amide bonds. The van der Waals surface area contributed by atoms with E-state index in [1.54, 1.807) is 12.4 Å². The van der Waals surface area contributed by atoms with Crippen molar-refractivity contribution < 1.29 is 13.2 Å². The second-order valence-electron chi connectivity index (χ2n) is 4.10. The molecule has 2 aromatic heterocycles. The van der Waals surface area contributed by atoms with E-state index in [2.05, 4.69) is 15.5 Å². The Morgan fingerprint density at radius 3 is 2.75 bits per heavy atom. The summed E-state index contributed by atoms with van der Waals surface area (Å²) >= 11 is 0.923. The molecular weight excluding hydrogens is 302 g/mol. The number of primary amides is 1. The fraction of sp³-hybridized carbons (Fsp3) is 0.200. The number of aromatic amines is 1. The van der Waals surface area contributed by atoms with Crippen LogP contribution in [0, 0.1) is 0 Å². The minimum atomic E-state index is -3.58. The molecule has 0 saturated heterocycles. The van der Waals surface area contributed by atoms with Gasteiger partial charge in [0, 0.05) is 24.6 Å². The number of carbonyl (C=O) groups excluding carboxylic acids is 1. The summed E-state index contributed by atoms with van der Waals surface area (Å²) in [5, 5.41) is 9.64. The van der Waals surface area contributed by atoms with Crippen molar-refractivity contribution >= 4 is 37.8 Å². The average molecular weight is 315 g/mol. The van der Waals surface area contributed by atoms with Crippen molar-refractivity contribution in [1.82, 2.24) is 10.2 Å². The minimum Gasteiger partial charge on any atom is -0.396 e. The van der Waals surface area contributed by atoms with Crippen molar-refractivity contribution in [3.05, 3.63) is 22.8 Å². The lowest BCUT2D eigenvalue weighted by molar-refractivity contribution is 0.100. The molecule has 2 aromatic rings. The van der Waals surface area contributed by atoms with Gasteiger partial charge in [-0.05, 0) is 0 Å². The van der Waals surface area contributed by atoms with Crippen molar-refractivity contribution in [3.63, 3.8) is 0 Å². The molecule has 10 heteroatoms. The van der Waals surface area contributed by atoms with Crippen molar-refractivity contribution in [2.45, 2.75) is 11.4 Å². The third-order valence-corrected chi connectivity index (χ3v) is 4.97. The Kier molecular flexibility index (Phi) is 3.68. The van der Waals surface area contributed by atoms with E-state index in [1.807, 2.05) is 0 Å². The number of amides is 1. The van der Waals surface area contributed by atoms with Crippen LogP contribution >= 0.6 is 11.3 Å². The smallest absolute Gasteiger partial charge is 0.261 e. The summed E-state index contributed by atoms with van der Waals surface area (Å²) in [6.45, 7) is 0.344. The normalized spacial score (nSPS) is 11.4. The standard InChI is InChI=1S/C10H13N5O3S2/c1-20(17,18)8-6(11)7(9(12)16)19-10(8)13-2-5-3-14-15-4-5/h3-4,13H,2,11H2,1H3,(H2,12,16)(H,14,15). The van der Waals surface area contributed by atoms with E-state index < -0.39 is 15.7 Å². The molecule has 0 aromatic carbocycles. The van der Waals surface area contributed by atoms with Crippen LogP contribution in [0.25, 0.3) is 0 Å². The zero-order valence-corrected chi connectivity index (χ0v) is 12.1. The summed E-state index contributed by atoms with van der Waals surface area (Å²) < 4.78 is 23.6. The summed E-state index contributed by atoms with van der Waals surface area (Å²) in [6.07, 6.45) is 4.29. The highest BCUT2D eigenvalue weighted by atomic mass is 32.2. The largest absolute Gasteiger partial charge is 0.396 e. The first-order valence-electron chi connectivity index (χ1n) is 5.44. The van der Waals surface area contributed by atoms with Gasteiger partial charge in [-0.3, -0.25) is 9.89 Å². The molecule has 108 valence electrons. The number of thiophene rings is 1. The van der Waals surface area contributed by atoms with Gasteiger partial charge in [0.25, 0.3) is 5.91 Å². The summed E-state index contributed by atoms with van der Waals surface area (Å²) in [7, 11) is -3.58. The first-order valence-corrected chi connectivity index (χ1v) is 8.15. The highest BCUT2D eigenvalue weighted by molar-refractivity contribution is 7.91. The maximum absolute atomic E-state index is 11.8. The molecule has 0 aliphatic heterocycles. The van der Waals surface area contributed by atoms with Gasteiger partial charge in [0.2, 0.25) is 0 Å². The Hall–Kier alpha value is -2.07. The lowest BCUT2D eigenvalue weighted by atomic mass is 10.3. The van der Waals surface area contributed by atoms with E-state index in [4.69, 9.17) is 11.5 Å². The predicted octanol–water partition coefficient (Wildman–Crippen LogP) is 0.168. The van der Waals surface area contributed by atoms with Crippen LogP contribution in [0.4, 0.5) is 10.7 Å². The molecule has 0 aliphatic rings. The van der Waals surface area contributed by atoms with Crippen LogP contribution in [0.1, 0.15) is 15.2 Å². The number of hydrogen-bond acceptors (Lipinski definition) is 7. The maximum Gasteiger partial charge on any atom is 0.261 e. The zero-order valence-electron chi connectivity index (χ0n) is 10.5. The number of sulfone groups is 1. The van der Waals surface area contributed by atoms with Crippen LogP contribution in [0.3, 0.4) is 0 Å². The topological polar surface area (TPSA) is 144 Å². The molecule has 6 N–H and O–H groups in total. The zero-order chi connectivity index (χ0) is 14.9. The average Bonchev–Trinajstić information content (AvgIpc) is 2.92. The number of anilines is 2. The molecule has 2 rings (SSSR count). The van der Waals surface area contributed by atoms with Crippen LogP contribution in [-0.2, 0) is 16.4 Å². The first-order chi connectivity index (χ1) is 9.30. The van der Waals surface area contributed by atoms with Crippen LogP contribution in [0.5, 0.6) is 0 Å². The van der Waals surface area contributed by atoms with Crippen molar-refractivity contribution in [3.8, 4) is 0 Å². The van der Waals surface area contributed by atoms with Gasteiger partial charge in [-0.2, -0.15) is 5.10 Å². The van der Waals surface area contributed by atoms with Gasteiger partial charge in [-0.25, -0.2) is 8.42 Å². The minimum absolute atomic E-state index is 0.0279. The number of aromatic nitrogens is 2. The highest BCUT2D eigenvalue weighted by Crippen LogP contribution is 2.39. The number of nitrogen functional groups attached to an aromatic ring is 1. The van der Waals surface area contributed by atoms with E-state index in [-0.39, 0.29) is 15.5 Å². The summed E-state index contributed by atoms with van der Waals surface area (Å²) in [5.74, 6) is -0.756. The van der Waals surface area contributed by atoms with Crippen LogP contribution in [0.2, 0.25) is 0 Å². The van der Waals surface area contributed by atoms with Gasteiger partial charge < -0.3 is 16.8 Å². The summed E-state index contributed by atoms with van der Waals surface area (Å²) in [6, 6.07) is 0. The lowest BCUT2D eigenvalue weighted by Crippen LogP contribution is -2.12. The van der Waals surface area contributed by atoms with E-state index in [9.17, 15) is 13.2 Å². The van der Waals surface area contributed by atoms with Crippen LogP contribution < -0.4 is 16.8 Å². The van der Waals surface area contributed by atoms with Crippen molar-refractivity contribution in [2.24, 2.45) is 5.73 Å². The van der Waals surface area contributed by atoms with Gasteiger partial charge in [0.15, 0.2) is 9.84 Å². The van der Waals surface area contributed by atoms with Crippen LogP contribution in [-0.4, -0.2) is 30.8 Å². The Bertz CT molecular complexity index is 733. The van der Waals surface area contributed by atoms with E-state index in [0.717, 1.165) is 23.2 Å². The molecule has 20 heavy (non-hydrogen) atoms. The Labute approximate surface area is 119 Å². The number of nitrogens with zero attached hydrogens (tertiary/aromatic N) is 1. The first kappa shape index (κ1) is 14.3. The van der Waals surface area contributed by atoms with Gasteiger partial charge in [-0.1, -0.05) is 0 Å². The van der Waals surface area contributed by atoms with Gasteiger partial charge in [0.1, 0.15) is 14.8 Å². The number of nitrogens with two attached hydrogens (primary N) is 2. The molecule has 0 aliphatic carbocycles. The molecule has 0 fully saturated rings. The number of carbonyl (C=O) groups is 1. The molecule has 0 unspecified atom stereocenters. The van der Waals surface area contributed by atoms with Gasteiger partial charge in [-0.15, -0.1) is 11.3 Å². The molecule has 0 atom stereocenters. The molecule has 0 radical (unpaired) electrons. The molecule has 0 saturated carbocycles. The molecule has 0 bridgehead atoms. The summed E-state index contributed by atoms with van der Waals surface area (Å²) in [4.78, 5) is 11.2. The molecule has 0 spiro atoms. The molecule has 2 heterocycles. The van der Waals surface area contributed by atoms with E-state index in [1.165, 1.54) is 0 Å². The Morgan fingerprint density at radius 1 is 1.55 bits per heavy atom. The lowest BCUT2D eigenvalue weighted by Gasteiger charge is -2.05. The fourth-order valence-corrected chi connectivity index (χ4v) is 4.07. The van der Waals surface area contributed by atoms with Crippen molar-refractivity contribution in [2.75, 3.05) is 17.3 Å². The van der Waals surface area contributed by atoms with Gasteiger partial charge >= 0.3 is 0 Å². The molecular formula is C10H13N5O3S2. The second kappa shape index (κ2) is 5.13. The second-order valence-corrected chi connectivity index (χ2v) is 7.07. The third-order valence-electron chi connectivity index (χ3n) is 2.50. The maximum atomic E-state index is 11.8. The predicted molar refractivity (Wildman–Crippen MR) is 76.3 cm³/mol. The highest BCUT2D eigenvalue weighted by Gasteiger charge is 2.26. The number of nitrogens with one attached hydrogen (secondary N) is 2. The summed E-state index contributed by atoms with van der Waals surface area (Å²) in [5.41, 5.74) is 11.6. The van der Waals surface area contributed by atoms with E-state index >= 15 is 0 Å². The molecule has 8 nitrogen and oxygen atoms in total. The fourth-order valence-electron chi connectivity index (χ4n) is 1.65. The number of rotatable bonds is 5. The monoisotopic (exact) mass is 315 g/mol. The van der Waals surface area contributed by atoms with E-state index in [0.29, 0.717) is 11.5 Å². The Morgan fingerprint density at radius 2 is 2.25 bits per heavy atom.